The first kappa shape index (κ1) is 16.0. The molecule has 0 aliphatic heterocycles. The van der Waals surface area contributed by atoms with Crippen LogP contribution in [-0.2, 0) is 9.59 Å². The predicted octanol–water partition coefficient (Wildman–Crippen LogP) is 0.781. The van der Waals surface area contributed by atoms with E-state index in [1.54, 1.807) is 0 Å². The van der Waals surface area contributed by atoms with E-state index in [2.05, 4.69) is 10.6 Å². The normalized spacial score (nSPS) is 19.2. The van der Waals surface area contributed by atoms with E-state index in [0.29, 0.717) is 5.92 Å². The SMILES string of the molecule is CC(C)[C@H](N)C(=O)NCC(=O)N[C@@H](C)C1CCCC1. The Balaban J connectivity index is 2.25. The molecular formula is C14H27N3O2. The Kier molecular flexibility index (Phi) is 6.28. The van der Waals surface area contributed by atoms with Crippen LogP contribution in [0.1, 0.15) is 46.5 Å². The summed E-state index contributed by atoms with van der Waals surface area (Å²) in [5.41, 5.74) is 5.70. The van der Waals surface area contributed by atoms with Crippen molar-refractivity contribution in [2.45, 2.75) is 58.5 Å². The lowest BCUT2D eigenvalue weighted by atomic mass is 10.00. The Bertz CT molecular complexity index is 312. The van der Waals surface area contributed by atoms with E-state index >= 15 is 0 Å². The lowest BCUT2D eigenvalue weighted by Gasteiger charge is -2.21. The zero-order valence-corrected chi connectivity index (χ0v) is 12.2. The number of nitrogens with two attached hydrogens (primary N) is 1. The summed E-state index contributed by atoms with van der Waals surface area (Å²) in [6, 6.07) is -0.370. The molecule has 0 heterocycles. The maximum absolute atomic E-state index is 11.7. The molecule has 0 aromatic carbocycles. The average Bonchev–Trinajstić information content (AvgIpc) is 2.88. The molecule has 0 aromatic rings. The minimum Gasteiger partial charge on any atom is -0.352 e. The van der Waals surface area contributed by atoms with Crippen molar-refractivity contribution in [1.29, 1.82) is 0 Å². The lowest BCUT2D eigenvalue weighted by molar-refractivity contribution is -0.127. The van der Waals surface area contributed by atoms with Crippen molar-refractivity contribution in [1.82, 2.24) is 10.6 Å². The van der Waals surface area contributed by atoms with Crippen LogP contribution in [0.5, 0.6) is 0 Å². The van der Waals surface area contributed by atoms with Gasteiger partial charge in [0.1, 0.15) is 0 Å². The molecule has 2 amide bonds. The van der Waals surface area contributed by atoms with E-state index in [-0.39, 0.29) is 30.3 Å². The zero-order valence-electron chi connectivity index (χ0n) is 12.2. The first-order chi connectivity index (χ1) is 8.91. The van der Waals surface area contributed by atoms with E-state index in [9.17, 15) is 9.59 Å². The molecule has 0 radical (unpaired) electrons. The van der Waals surface area contributed by atoms with Crippen molar-refractivity contribution in [3.05, 3.63) is 0 Å². The summed E-state index contributed by atoms with van der Waals surface area (Å²) < 4.78 is 0. The fourth-order valence-electron chi connectivity index (χ4n) is 2.47. The highest BCUT2D eigenvalue weighted by Crippen LogP contribution is 2.27. The van der Waals surface area contributed by atoms with E-state index in [1.165, 1.54) is 25.7 Å². The van der Waals surface area contributed by atoms with Crippen molar-refractivity contribution in [3.8, 4) is 0 Å². The standard InChI is InChI=1S/C14H27N3O2/c1-9(2)13(15)14(19)16-8-12(18)17-10(3)11-6-4-5-7-11/h9-11,13H,4-8,15H2,1-3H3,(H,16,19)(H,17,18)/t10-,13-/m0/s1. The van der Waals surface area contributed by atoms with Crippen LogP contribution in [0.4, 0.5) is 0 Å². The summed E-state index contributed by atoms with van der Waals surface area (Å²) in [6.45, 7) is 5.81. The van der Waals surface area contributed by atoms with Crippen molar-refractivity contribution in [3.63, 3.8) is 0 Å². The molecule has 1 aliphatic carbocycles. The largest absolute Gasteiger partial charge is 0.352 e. The van der Waals surface area contributed by atoms with Gasteiger partial charge in [0, 0.05) is 6.04 Å². The summed E-state index contributed by atoms with van der Waals surface area (Å²) in [7, 11) is 0. The molecule has 0 aromatic heterocycles. The fraction of sp³-hybridized carbons (Fsp3) is 0.857. The van der Waals surface area contributed by atoms with Crippen LogP contribution in [-0.4, -0.2) is 30.4 Å². The third-order valence-electron chi connectivity index (χ3n) is 3.94. The van der Waals surface area contributed by atoms with Gasteiger partial charge in [-0.2, -0.15) is 0 Å². The minimum atomic E-state index is -0.556. The second kappa shape index (κ2) is 7.48. The van der Waals surface area contributed by atoms with Crippen LogP contribution in [0, 0.1) is 11.8 Å². The molecule has 2 atom stereocenters. The summed E-state index contributed by atoms with van der Waals surface area (Å²) in [4.78, 5) is 23.4. The van der Waals surface area contributed by atoms with Crippen molar-refractivity contribution in [2.75, 3.05) is 6.54 Å². The minimum absolute atomic E-state index is 0.0102. The van der Waals surface area contributed by atoms with E-state index < -0.39 is 6.04 Å². The van der Waals surface area contributed by atoms with Gasteiger partial charge in [-0.25, -0.2) is 0 Å². The highest BCUT2D eigenvalue weighted by Gasteiger charge is 2.23. The summed E-state index contributed by atoms with van der Waals surface area (Å²) in [5.74, 6) is 0.250. The molecule has 1 fully saturated rings. The summed E-state index contributed by atoms with van der Waals surface area (Å²) in [6.07, 6.45) is 4.88. The molecule has 0 unspecified atom stereocenters. The quantitative estimate of drug-likeness (QED) is 0.666. The molecule has 4 N–H and O–H groups in total. The molecule has 5 nitrogen and oxygen atoms in total. The maximum Gasteiger partial charge on any atom is 0.239 e. The van der Waals surface area contributed by atoms with Gasteiger partial charge in [0.15, 0.2) is 0 Å². The van der Waals surface area contributed by atoms with Gasteiger partial charge in [-0.05, 0) is 31.6 Å². The average molecular weight is 269 g/mol. The van der Waals surface area contributed by atoms with E-state index in [1.807, 2.05) is 20.8 Å². The van der Waals surface area contributed by atoms with Crippen LogP contribution in [0.15, 0.2) is 0 Å². The molecule has 0 bridgehead atoms. The molecule has 5 heteroatoms. The number of nitrogens with one attached hydrogen (secondary N) is 2. The highest BCUT2D eigenvalue weighted by molar-refractivity contribution is 5.87. The Morgan fingerprint density at radius 3 is 2.32 bits per heavy atom. The second-order valence-corrected chi connectivity index (χ2v) is 5.89. The topological polar surface area (TPSA) is 84.2 Å². The van der Waals surface area contributed by atoms with Crippen molar-refractivity contribution in [2.24, 2.45) is 17.6 Å². The molecule has 0 saturated heterocycles. The Labute approximate surface area is 115 Å². The van der Waals surface area contributed by atoms with Crippen LogP contribution in [0.3, 0.4) is 0 Å². The summed E-state index contributed by atoms with van der Waals surface area (Å²) >= 11 is 0. The van der Waals surface area contributed by atoms with Gasteiger partial charge in [-0.3, -0.25) is 9.59 Å². The third kappa shape index (κ3) is 5.19. The van der Waals surface area contributed by atoms with Gasteiger partial charge in [0.2, 0.25) is 11.8 Å². The summed E-state index contributed by atoms with van der Waals surface area (Å²) in [5, 5.41) is 5.53. The van der Waals surface area contributed by atoms with Crippen LogP contribution in [0.25, 0.3) is 0 Å². The van der Waals surface area contributed by atoms with Crippen LogP contribution in [0.2, 0.25) is 0 Å². The Hall–Kier alpha value is -1.10. The smallest absolute Gasteiger partial charge is 0.239 e. The number of hydrogen-bond donors (Lipinski definition) is 3. The third-order valence-corrected chi connectivity index (χ3v) is 3.94. The van der Waals surface area contributed by atoms with Crippen molar-refractivity contribution < 1.29 is 9.59 Å². The van der Waals surface area contributed by atoms with E-state index in [4.69, 9.17) is 5.73 Å². The van der Waals surface area contributed by atoms with E-state index in [0.717, 1.165) is 0 Å². The fourth-order valence-corrected chi connectivity index (χ4v) is 2.47. The molecular weight excluding hydrogens is 242 g/mol. The number of carbonyl (C=O) groups is 2. The van der Waals surface area contributed by atoms with Gasteiger partial charge in [0.05, 0.1) is 12.6 Å². The van der Waals surface area contributed by atoms with Crippen molar-refractivity contribution >= 4 is 11.8 Å². The first-order valence-electron chi connectivity index (χ1n) is 7.24. The Morgan fingerprint density at radius 2 is 1.79 bits per heavy atom. The van der Waals surface area contributed by atoms with Crippen LogP contribution >= 0.6 is 0 Å². The monoisotopic (exact) mass is 269 g/mol. The number of amides is 2. The molecule has 19 heavy (non-hydrogen) atoms. The number of hydrogen-bond acceptors (Lipinski definition) is 3. The van der Waals surface area contributed by atoms with Gasteiger partial charge in [-0.15, -0.1) is 0 Å². The van der Waals surface area contributed by atoms with Gasteiger partial charge < -0.3 is 16.4 Å². The molecule has 110 valence electrons. The zero-order chi connectivity index (χ0) is 14.4. The molecule has 1 saturated carbocycles. The highest BCUT2D eigenvalue weighted by atomic mass is 16.2. The number of rotatable bonds is 6. The number of carbonyl (C=O) groups excluding carboxylic acids is 2. The molecule has 0 spiro atoms. The molecule has 1 rings (SSSR count). The molecule has 1 aliphatic rings. The second-order valence-electron chi connectivity index (χ2n) is 5.89. The Morgan fingerprint density at radius 1 is 1.21 bits per heavy atom. The lowest BCUT2D eigenvalue weighted by Crippen LogP contribution is -2.48. The van der Waals surface area contributed by atoms with Gasteiger partial charge >= 0.3 is 0 Å². The predicted molar refractivity (Wildman–Crippen MR) is 75.4 cm³/mol. The maximum atomic E-state index is 11.7. The van der Waals surface area contributed by atoms with Crippen LogP contribution < -0.4 is 16.4 Å². The first-order valence-corrected chi connectivity index (χ1v) is 7.24. The van der Waals surface area contributed by atoms with Gasteiger partial charge in [-0.1, -0.05) is 26.7 Å². The van der Waals surface area contributed by atoms with Gasteiger partial charge in [0.25, 0.3) is 0 Å².